The fourth-order valence-electron chi connectivity index (χ4n) is 1.53. The maximum absolute atomic E-state index is 12.5. The van der Waals surface area contributed by atoms with Gasteiger partial charge in [0.15, 0.2) is 5.69 Å². The first-order valence-electron chi connectivity index (χ1n) is 6.32. The van der Waals surface area contributed by atoms with Crippen molar-refractivity contribution in [2.45, 2.75) is 38.5 Å². The lowest BCUT2D eigenvalue weighted by Crippen LogP contribution is -2.36. The number of hydrogen-bond acceptors (Lipinski definition) is 4. The van der Waals surface area contributed by atoms with Gasteiger partial charge in [0, 0.05) is 24.7 Å². The van der Waals surface area contributed by atoms with Crippen molar-refractivity contribution in [1.82, 2.24) is 15.5 Å². The molecule has 0 saturated heterocycles. The van der Waals surface area contributed by atoms with Crippen LogP contribution in [0.1, 0.15) is 38.1 Å². The van der Waals surface area contributed by atoms with Gasteiger partial charge in [-0.2, -0.15) is 18.3 Å². The van der Waals surface area contributed by atoms with Crippen LogP contribution in [0.5, 0.6) is 0 Å². The lowest BCUT2D eigenvalue weighted by atomic mass is 10.1. The zero-order chi connectivity index (χ0) is 16.3. The summed E-state index contributed by atoms with van der Waals surface area (Å²) < 4.78 is 42.4. The Labute approximate surface area is 120 Å². The van der Waals surface area contributed by atoms with Crippen LogP contribution in [-0.2, 0) is 10.9 Å². The molecule has 0 aliphatic heterocycles. The highest BCUT2D eigenvalue weighted by Gasteiger charge is 2.34. The van der Waals surface area contributed by atoms with E-state index in [2.05, 4.69) is 15.5 Å². The van der Waals surface area contributed by atoms with E-state index in [1.54, 1.807) is 20.8 Å². The molecule has 4 N–H and O–H groups in total. The largest absolute Gasteiger partial charge is 0.444 e. The molecule has 0 spiro atoms. The normalized spacial score (nSPS) is 13.9. The second-order valence-corrected chi connectivity index (χ2v) is 5.52. The minimum Gasteiger partial charge on any atom is -0.444 e. The van der Waals surface area contributed by atoms with Crippen LogP contribution in [0, 0.1) is 0 Å². The topological polar surface area (TPSA) is 93.0 Å². The first-order chi connectivity index (χ1) is 9.53. The molecule has 9 heteroatoms. The summed E-state index contributed by atoms with van der Waals surface area (Å²) in [5.41, 5.74) is 4.05. The van der Waals surface area contributed by atoms with E-state index in [0.29, 0.717) is 0 Å². The van der Waals surface area contributed by atoms with Crippen molar-refractivity contribution in [3.63, 3.8) is 0 Å². The fourth-order valence-corrected chi connectivity index (χ4v) is 1.53. The number of alkyl carbamates (subject to hydrolysis) is 1. The average molecular weight is 308 g/mol. The molecular weight excluding hydrogens is 289 g/mol. The number of rotatable bonds is 4. The standard InChI is InChI=1S/C12H19F3N4O2/c1-11(2,3)21-10(20)17-6-7(5-16)8-4-9(19-18-8)12(13,14)15/h4,7H,5-6,16H2,1-3H3,(H,17,20)(H,18,19). The van der Waals surface area contributed by atoms with E-state index in [1.807, 2.05) is 0 Å². The lowest BCUT2D eigenvalue weighted by Gasteiger charge is -2.21. The number of aromatic nitrogens is 2. The summed E-state index contributed by atoms with van der Waals surface area (Å²) in [6.07, 6.45) is -5.18. The highest BCUT2D eigenvalue weighted by atomic mass is 19.4. The molecule has 0 aliphatic carbocycles. The Morgan fingerprint density at radius 1 is 1.48 bits per heavy atom. The summed E-state index contributed by atoms with van der Waals surface area (Å²) in [7, 11) is 0. The number of aromatic amines is 1. The zero-order valence-electron chi connectivity index (χ0n) is 12.0. The van der Waals surface area contributed by atoms with E-state index < -0.39 is 29.5 Å². The monoisotopic (exact) mass is 308 g/mol. The number of ether oxygens (including phenoxy) is 1. The number of H-pyrrole nitrogens is 1. The molecule has 1 amide bonds. The molecule has 0 bridgehead atoms. The van der Waals surface area contributed by atoms with E-state index in [0.717, 1.165) is 6.07 Å². The molecule has 1 aromatic rings. The number of nitrogens with two attached hydrogens (primary N) is 1. The van der Waals surface area contributed by atoms with Crippen molar-refractivity contribution in [1.29, 1.82) is 0 Å². The summed E-state index contributed by atoms with van der Waals surface area (Å²) >= 11 is 0. The number of nitrogens with zero attached hydrogens (tertiary/aromatic N) is 1. The van der Waals surface area contributed by atoms with Crippen LogP contribution in [0.15, 0.2) is 6.07 Å². The Kier molecular flexibility index (Phi) is 5.21. The summed E-state index contributed by atoms with van der Waals surface area (Å²) in [4.78, 5) is 11.5. The van der Waals surface area contributed by atoms with Gasteiger partial charge in [-0.3, -0.25) is 5.10 Å². The predicted molar refractivity (Wildman–Crippen MR) is 69.6 cm³/mol. The Morgan fingerprint density at radius 2 is 2.10 bits per heavy atom. The quantitative estimate of drug-likeness (QED) is 0.793. The molecule has 0 aromatic carbocycles. The number of carbonyl (C=O) groups excluding carboxylic acids is 1. The van der Waals surface area contributed by atoms with Crippen molar-refractivity contribution in [3.8, 4) is 0 Å². The number of amides is 1. The molecule has 21 heavy (non-hydrogen) atoms. The first kappa shape index (κ1) is 17.3. The predicted octanol–water partition coefficient (Wildman–Crippen LogP) is 2.00. The third-order valence-corrected chi connectivity index (χ3v) is 2.50. The van der Waals surface area contributed by atoms with Crippen LogP contribution in [0.3, 0.4) is 0 Å². The molecule has 0 saturated carbocycles. The van der Waals surface area contributed by atoms with Gasteiger partial charge >= 0.3 is 12.3 Å². The maximum atomic E-state index is 12.5. The van der Waals surface area contributed by atoms with Gasteiger partial charge in [0.1, 0.15) is 5.60 Å². The van der Waals surface area contributed by atoms with Crippen molar-refractivity contribution in [3.05, 3.63) is 17.5 Å². The van der Waals surface area contributed by atoms with Gasteiger partial charge in [0.05, 0.1) is 0 Å². The lowest BCUT2D eigenvalue weighted by molar-refractivity contribution is -0.141. The van der Waals surface area contributed by atoms with Crippen LogP contribution >= 0.6 is 0 Å². The van der Waals surface area contributed by atoms with Gasteiger partial charge in [-0.15, -0.1) is 0 Å². The summed E-state index contributed by atoms with van der Waals surface area (Å²) in [5, 5.41) is 7.95. The molecular formula is C12H19F3N4O2. The second kappa shape index (κ2) is 6.33. The van der Waals surface area contributed by atoms with Crippen LogP contribution < -0.4 is 11.1 Å². The van der Waals surface area contributed by atoms with Crippen LogP contribution in [0.4, 0.5) is 18.0 Å². The maximum Gasteiger partial charge on any atom is 0.435 e. The van der Waals surface area contributed by atoms with E-state index in [1.165, 1.54) is 0 Å². The third kappa shape index (κ3) is 5.62. The number of nitrogens with one attached hydrogen (secondary N) is 2. The SMILES string of the molecule is CC(C)(C)OC(=O)NCC(CN)c1cc(C(F)(F)F)n[nH]1. The second-order valence-electron chi connectivity index (χ2n) is 5.52. The van der Waals surface area contributed by atoms with Gasteiger partial charge in [-0.25, -0.2) is 4.79 Å². The minimum absolute atomic E-state index is 0.0465. The smallest absolute Gasteiger partial charge is 0.435 e. The highest BCUT2D eigenvalue weighted by molar-refractivity contribution is 5.67. The van der Waals surface area contributed by atoms with Crippen LogP contribution in [0.2, 0.25) is 0 Å². The highest BCUT2D eigenvalue weighted by Crippen LogP contribution is 2.29. The Morgan fingerprint density at radius 3 is 2.52 bits per heavy atom. The molecule has 1 rings (SSSR count). The van der Waals surface area contributed by atoms with Crippen LogP contribution in [-0.4, -0.2) is 35.0 Å². The summed E-state index contributed by atoms with van der Waals surface area (Å²) in [6.45, 7) is 5.21. The molecule has 0 fully saturated rings. The van der Waals surface area contributed by atoms with E-state index in [9.17, 15) is 18.0 Å². The Bertz CT molecular complexity index is 480. The van der Waals surface area contributed by atoms with Gasteiger partial charge < -0.3 is 15.8 Å². The van der Waals surface area contributed by atoms with Crippen molar-refractivity contribution in [2.75, 3.05) is 13.1 Å². The number of halogens is 3. The van der Waals surface area contributed by atoms with Crippen molar-refractivity contribution in [2.24, 2.45) is 5.73 Å². The summed E-state index contributed by atoms with van der Waals surface area (Å²) in [6, 6.07) is 0.883. The van der Waals surface area contributed by atoms with Crippen molar-refractivity contribution < 1.29 is 22.7 Å². The molecule has 6 nitrogen and oxygen atoms in total. The summed E-state index contributed by atoms with van der Waals surface area (Å²) in [5.74, 6) is -0.513. The van der Waals surface area contributed by atoms with Crippen LogP contribution in [0.25, 0.3) is 0 Å². The number of hydrogen-bond donors (Lipinski definition) is 3. The van der Waals surface area contributed by atoms with Gasteiger partial charge in [-0.05, 0) is 26.8 Å². The minimum atomic E-state index is -4.52. The Hall–Kier alpha value is -1.77. The average Bonchev–Trinajstić information content (AvgIpc) is 2.76. The van der Waals surface area contributed by atoms with E-state index in [-0.39, 0.29) is 18.8 Å². The number of alkyl halides is 3. The zero-order valence-corrected chi connectivity index (χ0v) is 12.0. The molecule has 1 unspecified atom stereocenters. The van der Waals surface area contributed by atoms with Gasteiger partial charge in [0.2, 0.25) is 0 Å². The van der Waals surface area contributed by atoms with Gasteiger partial charge in [-0.1, -0.05) is 0 Å². The first-order valence-corrected chi connectivity index (χ1v) is 6.32. The molecule has 1 heterocycles. The Balaban J connectivity index is 2.63. The van der Waals surface area contributed by atoms with E-state index >= 15 is 0 Å². The third-order valence-electron chi connectivity index (χ3n) is 2.50. The fraction of sp³-hybridized carbons (Fsp3) is 0.667. The van der Waals surface area contributed by atoms with Gasteiger partial charge in [0.25, 0.3) is 0 Å². The van der Waals surface area contributed by atoms with Crippen molar-refractivity contribution >= 4 is 6.09 Å². The molecule has 0 aliphatic rings. The number of carbonyl (C=O) groups is 1. The molecule has 0 radical (unpaired) electrons. The molecule has 120 valence electrons. The molecule has 1 atom stereocenters. The van der Waals surface area contributed by atoms with E-state index in [4.69, 9.17) is 10.5 Å². The molecule has 1 aromatic heterocycles.